The first kappa shape index (κ1) is 14.5. The number of aromatic amines is 1. The Balaban J connectivity index is 2.08. The van der Waals surface area contributed by atoms with Crippen LogP contribution in [0.4, 0.5) is 0 Å². The molecule has 1 fully saturated rings. The smallest absolute Gasteiger partial charge is 0.329 e. The van der Waals surface area contributed by atoms with Crippen molar-refractivity contribution < 1.29 is 9.53 Å². The molecule has 1 atom stereocenters. The Bertz CT molecular complexity index is 854. The summed E-state index contributed by atoms with van der Waals surface area (Å²) in [5, 5.41) is 0.272. The van der Waals surface area contributed by atoms with Gasteiger partial charge in [-0.25, -0.2) is 9.78 Å². The molecule has 22 heavy (non-hydrogen) atoms. The molecule has 1 unspecified atom stereocenters. The summed E-state index contributed by atoms with van der Waals surface area (Å²) in [7, 11) is 1.50. The van der Waals surface area contributed by atoms with Gasteiger partial charge < -0.3 is 9.64 Å². The van der Waals surface area contributed by atoms with Crippen molar-refractivity contribution in [2.45, 2.75) is 13.0 Å². The monoisotopic (exact) mass is 304 g/mol. The molecule has 1 amide bonds. The van der Waals surface area contributed by atoms with Gasteiger partial charge in [0.05, 0.1) is 24.6 Å². The predicted molar refractivity (Wildman–Crippen MR) is 78.9 cm³/mol. The minimum atomic E-state index is -0.561. The molecule has 0 radical (unpaired) electrons. The second-order valence-electron chi connectivity index (χ2n) is 5.31. The lowest BCUT2D eigenvalue weighted by Gasteiger charge is -2.33. The molecule has 1 N–H and O–H groups in total. The zero-order valence-corrected chi connectivity index (χ0v) is 12.3. The Kier molecular flexibility index (Phi) is 3.53. The summed E-state index contributed by atoms with van der Waals surface area (Å²) >= 11 is 0. The lowest BCUT2D eigenvalue weighted by atomic mass is 10.2. The number of aryl methyl sites for hydroxylation is 1. The van der Waals surface area contributed by atoms with Crippen LogP contribution in [0.5, 0.6) is 0 Å². The summed E-state index contributed by atoms with van der Waals surface area (Å²) < 4.78 is 6.53. The first-order chi connectivity index (χ1) is 10.5. The molecular formula is C14H16N4O4. The average Bonchev–Trinajstić information content (AvgIpc) is 2.52. The number of hydrogen-bond donors (Lipinski definition) is 1. The van der Waals surface area contributed by atoms with Crippen LogP contribution in [0.1, 0.15) is 17.4 Å². The van der Waals surface area contributed by atoms with E-state index < -0.39 is 11.2 Å². The Morgan fingerprint density at radius 2 is 2.18 bits per heavy atom. The SMILES string of the molecule is CC1COCCN1C(=O)c1ccc2c(=O)[nH]c(=O)n(C)c2n1. The number of rotatable bonds is 1. The molecule has 0 aliphatic carbocycles. The number of pyridine rings is 1. The fourth-order valence-electron chi connectivity index (χ4n) is 2.52. The zero-order valence-electron chi connectivity index (χ0n) is 12.3. The van der Waals surface area contributed by atoms with Crippen molar-refractivity contribution in [3.63, 3.8) is 0 Å². The molecule has 0 aromatic carbocycles. The molecule has 116 valence electrons. The van der Waals surface area contributed by atoms with Crippen LogP contribution in [0.15, 0.2) is 21.7 Å². The van der Waals surface area contributed by atoms with Gasteiger partial charge in [-0.3, -0.25) is 19.1 Å². The van der Waals surface area contributed by atoms with Gasteiger partial charge in [0.25, 0.3) is 11.5 Å². The Labute approximate surface area is 125 Å². The van der Waals surface area contributed by atoms with Crippen molar-refractivity contribution in [2.75, 3.05) is 19.8 Å². The highest BCUT2D eigenvalue weighted by atomic mass is 16.5. The molecule has 0 bridgehead atoms. The minimum absolute atomic E-state index is 0.0401. The number of hydrogen-bond acceptors (Lipinski definition) is 5. The molecule has 0 saturated carbocycles. The van der Waals surface area contributed by atoms with Gasteiger partial charge in [0.2, 0.25) is 0 Å². The molecular weight excluding hydrogens is 288 g/mol. The van der Waals surface area contributed by atoms with E-state index in [1.54, 1.807) is 4.90 Å². The second-order valence-corrected chi connectivity index (χ2v) is 5.31. The number of morpholine rings is 1. The Morgan fingerprint density at radius 1 is 1.41 bits per heavy atom. The second kappa shape index (κ2) is 5.38. The van der Waals surface area contributed by atoms with Crippen molar-refractivity contribution in [1.82, 2.24) is 19.4 Å². The van der Waals surface area contributed by atoms with Crippen LogP contribution in [0.2, 0.25) is 0 Å². The van der Waals surface area contributed by atoms with Crippen LogP contribution < -0.4 is 11.2 Å². The highest BCUT2D eigenvalue weighted by Gasteiger charge is 2.26. The number of fused-ring (bicyclic) bond motifs is 1. The fraction of sp³-hybridized carbons (Fsp3) is 0.429. The lowest BCUT2D eigenvalue weighted by Crippen LogP contribution is -2.47. The third kappa shape index (κ3) is 2.31. The van der Waals surface area contributed by atoms with Crippen LogP contribution in [0.3, 0.4) is 0 Å². The molecule has 8 heteroatoms. The zero-order chi connectivity index (χ0) is 15.9. The van der Waals surface area contributed by atoms with E-state index in [1.807, 2.05) is 6.92 Å². The number of nitrogens with one attached hydrogen (secondary N) is 1. The molecule has 8 nitrogen and oxygen atoms in total. The first-order valence-electron chi connectivity index (χ1n) is 6.98. The normalized spacial score (nSPS) is 18.6. The maximum Gasteiger partial charge on any atom is 0.329 e. The number of amides is 1. The third-order valence-electron chi connectivity index (χ3n) is 3.81. The first-order valence-corrected chi connectivity index (χ1v) is 6.98. The van der Waals surface area contributed by atoms with Crippen molar-refractivity contribution in [1.29, 1.82) is 0 Å². The topological polar surface area (TPSA) is 97.3 Å². The number of ether oxygens (including phenoxy) is 1. The van der Waals surface area contributed by atoms with E-state index in [-0.39, 0.29) is 28.7 Å². The summed E-state index contributed by atoms with van der Waals surface area (Å²) in [5.41, 5.74) is -0.666. The molecule has 1 aliphatic rings. The Morgan fingerprint density at radius 3 is 2.91 bits per heavy atom. The molecule has 1 saturated heterocycles. The lowest BCUT2D eigenvalue weighted by molar-refractivity contribution is 0.00329. The van der Waals surface area contributed by atoms with Crippen molar-refractivity contribution in [3.05, 3.63) is 38.7 Å². The van der Waals surface area contributed by atoms with E-state index in [4.69, 9.17) is 4.74 Å². The van der Waals surface area contributed by atoms with Gasteiger partial charge in [0, 0.05) is 13.6 Å². The summed E-state index contributed by atoms with van der Waals surface area (Å²) in [6, 6.07) is 2.98. The molecule has 1 aliphatic heterocycles. The van der Waals surface area contributed by atoms with Crippen LogP contribution >= 0.6 is 0 Å². The highest BCUT2D eigenvalue weighted by Crippen LogP contribution is 2.13. The fourth-order valence-corrected chi connectivity index (χ4v) is 2.52. The van der Waals surface area contributed by atoms with Crippen molar-refractivity contribution in [2.24, 2.45) is 7.05 Å². The van der Waals surface area contributed by atoms with Gasteiger partial charge in [-0.2, -0.15) is 0 Å². The number of carbonyl (C=O) groups excluding carboxylic acids is 1. The van der Waals surface area contributed by atoms with Crippen LogP contribution in [0, 0.1) is 0 Å². The summed E-state index contributed by atoms with van der Waals surface area (Å²) in [6.45, 7) is 3.37. The van der Waals surface area contributed by atoms with Crippen molar-refractivity contribution in [3.8, 4) is 0 Å². The van der Waals surface area contributed by atoms with E-state index in [9.17, 15) is 14.4 Å². The van der Waals surface area contributed by atoms with E-state index in [2.05, 4.69) is 9.97 Å². The van der Waals surface area contributed by atoms with Gasteiger partial charge in [-0.1, -0.05) is 0 Å². The average molecular weight is 304 g/mol. The molecule has 2 aromatic heterocycles. The summed E-state index contributed by atoms with van der Waals surface area (Å²) in [5.74, 6) is -0.231. The number of aromatic nitrogens is 3. The van der Waals surface area contributed by atoms with E-state index in [1.165, 1.54) is 23.7 Å². The van der Waals surface area contributed by atoms with Crippen LogP contribution in [-0.2, 0) is 11.8 Å². The number of H-pyrrole nitrogens is 1. The molecule has 3 heterocycles. The summed E-state index contributed by atoms with van der Waals surface area (Å²) in [6.07, 6.45) is 0. The standard InChI is InChI=1S/C14H16N4O4/c1-8-7-22-6-5-18(8)13(20)10-4-3-9-11(15-10)17(2)14(21)16-12(9)19/h3-4,8H,5-7H2,1-2H3,(H,16,19,21). The van der Waals surface area contributed by atoms with Gasteiger partial charge in [-0.15, -0.1) is 0 Å². The van der Waals surface area contributed by atoms with E-state index >= 15 is 0 Å². The van der Waals surface area contributed by atoms with E-state index in [0.717, 1.165) is 0 Å². The minimum Gasteiger partial charge on any atom is -0.377 e. The quantitative estimate of drug-likeness (QED) is 0.765. The molecule has 0 spiro atoms. The third-order valence-corrected chi connectivity index (χ3v) is 3.81. The van der Waals surface area contributed by atoms with Crippen LogP contribution in [-0.4, -0.2) is 51.1 Å². The maximum absolute atomic E-state index is 12.6. The molecule has 3 rings (SSSR count). The number of nitrogens with zero attached hydrogens (tertiary/aromatic N) is 3. The number of carbonyl (C=O) groups is 1. The van der Waals surface area contributed by atoms with Crippen molar-refractivity contribution >= 4 is 16.9 Å². The van der Waals surface area contributed by atoms with Gasteiger partial charge in [0.15, 0.2) is 0 Å². The van der Waals surface area contributed by atoms with Gasteiger partial charge in [0.1, 0.15) is 11.3 Å². The van der Waals surface area contributed by atoms with Crippen LogP contribution in [0.25, 0.3) is 11.0 Å². The van der Waals surface area contributed by atoms with Gasteiger partial charge >= 0.3 is 5.69 Å². The van der Waals surface area contributed by atoms with Gasteiger partial charge in [-0.05, 0) is 19.1 Å². The predicted octanol–water partition coefficient (Wildman–Crippen LogP) is -0.517. The Hall–Kier alpha value is -2.48. The summed E-state index contributed by atoms with van der Waals surface area (Å²) in [4.78, 5) is 44.1. The highest BCUT2D eigenvalue weighted by molar-refractivity contribution is 5.94. The largest absolute Gasteiger partial charge is 0.377 e. The maximum atomic E-state index is 12.6. The van der Waals surface area contributed by atoms with E-state index in [0.29, 0.717) is 19.8 Å². The molecule has 2 aromatic rings.